The van der Waals surface area contributed by atoms with Gasteiger partial charge in [0, 0.05) is 6.54 Å². The Morgan fingerprint density at radius 3 is 2.52 bits per heavy atom. The van der Waals surface area contributed by atoms with Crippen LogP contribution < -0.4 is 4.31 Å². The molecule has 9 heteroatoms. The number of aromatic carboxylic acids is 1. The van der Waals surface area contributed by atoms with E-state index in [-0.39, 0.29) is 11.5 Å². The fourth-order valence-corrected chi connectivity index (χ4v) is 3.51. The van der Waals surface area contributed by atoms with Crippen LogP contribution in [0.25, 0.3) is 0 Å². The van der Waals surface area contributed by atoms with Crippen molar-refractivity contribution in [1.82, 2.24) is 4.98 Å². The fraction of sp³-hybridized carbons (Fsp3) is 0.167. The molecule has 7 nitrogen and oxygen atoms in total. The molecule has 0 amide bonds. The number of rotatable bonds is 6. The van der Waals surface area contributed by atoms with Crippen molar-refractivity contribution in [2.75, 3.05) is 10.8 Å². The van der Waals surface area contributed by atoms with Crippen LogP contribution in [-0.4, -0.2) is 35.6 Å². The third kappa shape index (κ3) is 3.78. The van der Waals surface area contributed by atoms with Gasteiger partial charge >= 0.3 is 16.3 Å². The molecule has 1 aromatic heterocycles. The monoisotopic (exact) mass is 328 g/mol. The number of carboxylic acid groups (broad SMARTS) is 1. The van der Waals surface area contributed by atoms with Crippen LogP contribution in [0.4, 0.5) is 5.00 Å². The van der Waals surface area contributed by atoms with Gasteiger partial charge in [0.25, 0.3) is 0 Å². The van der Waals surface area contributed by atoms with Crippen molar-refractivity contribution in [2.24, 2.45) is 0 Å². The van der Waals surface area contributed by atoms with Crippen molar-refractivity contribution in [3.05, 3.63) is 47.1 Å². The highest BCUT2D eigenvalue weighted by atomic mass is 32.2. The molecule has 2 rings (SSSR count). The second-order valence-electron chi connectivity index (χ2n) is 4.10. The van der Waals surface area contributed by atoms with Gasteiger partial charge in [-0.15, -0.1) is 11.3 Å². The molecule has 0 fully saturated rings. The average Bonchev–Trinajstić information content (AvgIpc) is 2.88. The quantitative estimate of drug-likeness (QED) is 0.781. The van der Waals surface area contributed by atoms with Crippen LogP contribution in [0.2, 0.25) is 0 Å². The van der Waals surface area contributed by atoms with Crippen LogP contribution in [0.15, 0.2) is 35.8 Å². The van der Waals surface area contributed by atoms with E-state index in [9.17, 15) is 17.8 Å². The zero-order valence-corrected chi connectivity index (χ0v) is 12.3. The SMILES string of the molecule is O=C(O)c1ncsc1N(CCc1ccccc1)S(=O)(=O)O. The second-order valence-corrected chi connectivity index (χ2v) is 6.27. The van der Waals surface area contributed by atoms with Gasteiger partial charge in [0.1, 0.15) is 5.00 Å². The highest BCUT2D eigenvalue weighted by Crippen LogP contribution is 2.27. The highest BCUT2D eigenvalue weighted by Gasteiger charge is 2.27. The molecule has 0 saturated carbocycles. The second kappa shape index (κ2) is 6.20. The third-order valence-corrected chi connectivity index (χ3v) is 4.59. The minimum Gasteiger partial charge on any atom is -0.476 e. The molecule has 0 aliphatic heterocycles. The van der Waals surface area contributed by atoms with Gasteiger partial charge < -0.3 is 5.11 Å². The maximum Gasteiger partial charge on any atom is 0.360 e. The van der Waals surface area contributed by atoms with Gasteiger partial charge in [0.2, 0.25) is 0 Å². The molecule has 0 saturated heterocycles. The molecule has 0 spiro atoms. The molecule has 2 aromatic rings. The first kappa shape index (κ1) is 15.4. The molecule has 21 heavy (non-hydrogen) atoms. The van der Waals surface area contributed by atoms with Gasteiger partial charge in [-0.2, -0.15) is 8.42 Å². The summed E-state index contributed by atoms with van der Waals surface area (Å²) in [4.78, 5) is 14.6. The topological polar surface area (TPSA) is 108 Å². The Balaban J connectivity index is 2.28. The van der Waals surface area contributed by atoms with Crippen LogP contribution in [0, 0.1) is 0 Å². The van der Waals surface area contributed by atoms with Gasteiger partial charge in [-0.1, -0.05) is 30.3 Å². The number of thiazole rings is 1. The number of aromatic nitrogens is 1. The Morgan fingerprint density at radius 2 is 1.95 bits per heavy atom. The Hall–Kier alpha value is -1.97. The lowest BCUT2D eigenvalue weighted by molar-refractivity contribution is 0.0692. The van der Waals surface area contributed by atoms with E-state index in [2.05, 4.69) is 4.98 Å². The van der Waals surface area contributed by atoms with Crippen molar-refractivity contribution in [2.45, 2.75) is 6.42 Å². The maximum atomic E-state index is 11.5. The standard InChI is InChI=1S/C12H12N2O5S2/c15-12(16)10-11(20-8-13-10)14(21(17,18)19)7-6-9-4-2-1-3-5-9/h1-5,8H,6-7H2,(H,15,16)(H,17,18,19). The largest absolute Gasteiger partial charge is 0.476 e. The van der Waals surface area contributed by atoms with Crippen LogP contribution in [0.1, 0.15) is 16.1 Å². The molecule has 0 bridgehead atoms. The number of benzene rings is 1. The predicted octanol–water partition coefficient (Wildman–Crippen LogP) is 1.69. The molecule has 0 atom stereocenters. The van der Waals surface area contributed by atoms with Crippen LogP contribution >= 0.6 is 11.3 Å². The number of carbonyl (C=O) groups is 1. The summed E-state index contributed by atoms with van der Waals surface area (Å²) < 4.78 is 33.0. The lowest BCUT2D eigenvalue weighted by Crippen LogP contribution is -2.32. The summed E-state index contributed by atoms with van der Waals surface area (Å²) in [6, 6.07) is 9.07. The van der Waals surface area contributed by atoms with E-state index in [1.54, 1.807) is 0 Å². The van der Waals surface area contributed by atoms with E-state index in [0.29, 0.717) is 10.7 Å². The lowest BCUT2D eigenvalue weighted by Gasteiger charge is -2.19. The van der Waals surface area contributed by atoms with Gasteiger partial charge in [0.15, 0.2) is 5.69 Å². The van der Waals surface area contributed by atoms with E-state index in [4.69, 9.17) is 5.11 Å². The van der Waals surface area contributed by atoms with Crippen LogP contribution in [0.5, 0.6) is 0 Å². The number of nitrogens with zero attached hydrogens (tertiary/aromatic N) is 2. The molecule has 1 aromatic carbocycles. The summed E-state index contributed by atoms with van der Waals surface area (Å²) in [5.41, 5.74) is 1.69. The lowest BCUT2D eigenvalue weighted by atomic mass is 10.1. The van der Waals surface area contributed by atoms with Crippen molar-refractivity contribution >= 4 is 32.6 Å². The van der Waals surface area contributed by atoms with Gasteiger partial charge in [-0.3, -0.25) is 4.55 Å². The molecule has 1 heterocycles. The molecular weight excluding hydrogens is 316 g/mol. The Labute approximate surface area is 125 Å². The summed E-state index contributed by atoms with van der Waals surface area (Å²) >= 11 is 0.843. The summed E-state index contributed by atoms with van der Waals surface area (Å²) in [5, 5.41) is 8.89. The molecule has 112 valence electrons. The van der Waals surface area contributed by atoms with Gasteiger partial charge in [0.05, 0.1) is 5.51 Å². The highest BCUT2D eigenvalue weighted by molar-refractivity contribution is 7.87. The van der Waals surface area contributed by atoms with E-state index in [1.807, 2.05) is 30.3 Å². The molecule has 2 N–H and O–H groups in total. The number of hydrogen-bond donors (Lipinski definition) is 2. The first-order valence-corrected chi connectivity index (χ1v) is 8.13. The maximum absolute atomic E-state index is 11.5. The smallest absolute Gasteiger partial charge is 0.360 e. The summed E-state index contributed by atoms with van der Waals surface area (Å²) in [7, 11) is -4.57. The number of hydrogen-bond acceptors (Lipinski definition) is 5. The van der Waals surface area contributed by atoms with Crippen LogP contribution in [0.3, 0.4) is 0 Å². The first-order valence-electron chi connectivity index (χ1n) is 5.85. The van der Waals surface area contributed by atoms with E-state index >= 15 is 0 Å². The molecular formula is C12H12N2O5S2. The first-order chi connectivity index (χ1) is 9.89. The summed E-state index contributed by atoms with van der Waals surface area (Å²) in [5.74, 6) is -1.35. The Kier molecular flexibility index (Phi) is 4.56. The zero-order valence-electron chi connectivity index (χ0n) is 10.7. The van der Waals surface area contributed by atoms with E-state index in [1.165, 1.54) is 5.51 Å². The summed E-state index contributed by atoms with van der Waals surface area (Å²) in [6.45, 7) is -0.0781. The van der Waals surface area contributed by atoms with E-state index in [0.717, 1.165) is 16.9 Å². The minimum atomic E-state index is -4.57. The Bertz CT molecular complexity index is 727. The molecule has 0 unspecified atom stereocenters. The van der Waals surface area contributed by atoms with Crippen molar-refractivity contribution in [3.63, 3.8) is 0 Å². The van der Waals surface area contributed by atoms with Crippen molar-refractivity contribution < 1.29 is 22.9 Å². The average molecular weight is 328 g/mol. The molecule has 0 aliphatic rings. The number of anilines is 1. The third-order valence-electron chi connectivity index (χ3n) is 2.70. The zero-order chi connectivity index (χ0) is 15.5. The number of carboxylic acids is 1. The molecule has 0 radical (unpaired) electrons. The van der Waals surface area contributed by atoms with Crippen LogP contribution in [-0.2, 0) is 16.7 Å². The molecule has 0 aliphatic carbocycles. The normalized spacial score (nSPS) is 11.3. The minimum absolute atomic E-state index is 0.0781. The van der Waals surface area contributed by atoms with Gasteiger partial charge in [-0.25, -0.2) is 14.1 Å². The van der Waals surface area contributed by atoms with Gasteiger partial charge in [-0.05, 0) is 12.0 Å². The predicted molar refractivity (Wildman–Crippen MR) is 78.1 cm³/mol. The van der Waals surface area contributed by atoms with Crippen molar-refractivity contribution in [1.29, 1.82) is 0 Å². The summed E-state index contributed by atoms with van der Waals surface area (Å²) in [6.07, 6.45) is 0.331. The van der Waals surface area contributed by atoms with Crippen molar-refractivity contribution in [3.8, 4) is 0 Å². The fourth-order valence-electron chi connectivity index (χ4n) is 1.76. The Morgan fingerprint density at radius 1 is 1.29 bits per heavy atom. The van der Waals surface area contributed by atoms with E-state index < -0.39 is 22.0 Å².